The zero-order valence-electron chi connectivity index (χ0n) is 15.2. The zero-order chi connectivity index (χ0) is 19.2. The van der Waals surface area contributed by atoms with Crippen molar-refractivity contribution in [2.45, 2.75) is 19.4 Å². The molecule has 1 aliphatic rings. The van der Waals surface area contributed by atoms with Crippen molar-refractivity contribution in [3.63, 3.8) is 0 Å². The molecule has 1 fully saturated rings. The third kappa shape index (κ3) is 5.17. The normalized spacial score (nSPS) is 12.9. The summed E-state index contributed by atoms with van der Waals surface area (Å²) < 4.78 is 4.72. The van der Waals surface area contributed by atoms with Crippen LogP contribution in [-0.4, -0.2) is 36.3 Å². The highest BCUT2D eigenvalue weighted by Gasteiger charge is 2.29. The molecule has 3 rings (SSSR count). The van der Waals surface area contributed by atoms with Crippen LogP contribution in [0, 0.1) is 5.92 Å². The van der Waals surface area contributed by atoms with E-state index in [-0.39, 0.29) is 24.3 Å². The van der Waals surface area contributed by atoms with Crippen LogP contribution in [0.5, 0.6) is 0 Å². The Balaban J connectivity index is 1.71. The standard InChI is InChI=1S/C21H22N2O4/c1-27-19(24)14-23(13-15-5-3-2-4-6-15)21(26)17-9-11-18(12-10-17)22-20(25)16-7-8-16/h2-6,9-12,16H,7-8,13-14H2,1H3,(H,22,25). The summed E-state index contributed by atoms with van der Waals surface area (Å²) in [6.45, 7) is 0.166. The van der Waals surface area contributed by atoms with E-state index in [0.29, 0.717) is 17.8 Å². The second-order valence-corrected chi connectivity index (χ2v) is 6.56. The topological polar surface area (TPSA) is 75.7 Å². The van der Waals surface area contributed by atoms with Crippen molar-refractivity contribution in [2.75, 3.05) is 19.0 Å². The molecule has 0 bridgehead atoms. The van der Waals surface area contributed by atoms with Gasteiger partial charge in [0.25, 0.3) is 5.91 Å². The minimum Gasteiger partial charge on any atom is -0.468 e. The lowest BCUT2D eigenvalue weighted by Crippen LogP contribution is -2.35. The lowest BCUT2D eigenvalue weighted by atomic mass is 10.1. The van der Waals surface area contributed by atoms with Crippen molar-refractivity contribution in [2.24, 2.45) is 5.92 Å². The second kappa shape index (κ2) is 8.49. The number of rotatable bonds is 7. The minimum atomic E-state index is -0.479. The molecule has 0 radical (unpaired) electrons. The first-order chi connectivity index (χ1) is 13.1. The van der Waals surface area contributed by atoms with Crippen molar-refractivity contribution in [3.05, 3.63) is 65.7 Å². The van der Waals surface area contributed by atoms with Gasteiger partial charge < -0.3 is 15.0 Å². The van der Waals surface area contributed by atoms with Gasteiger partial charge in [-0.1, -0.05) is 30.3 Å². The summed E-state index contributed by atoms with van der Waals surface area (Å²) in [5.74, 6) is -0.616. The van der Waals surface area contributed by atoms with E-state index >= 15 is 0 Å². The second-order valence-electron chi connectivity index (χ2n) is 6.56. The van der Waals surface area contributed by atoms with Gasteiger partial charge >= 0.3 is 5.97 Å². The Morgan fingerprint density at radius 1 is 1.04 bits per heavy atom. The summed E-state index contributed by atoms with van der Waals surface area (Å²) in [7, 11) is 1.30. The Bertz CT molecular complexity index is 814. The number of anilines is 1. The van der Waals surface area contributed by atoms with E-state index in [1.807, 2.05) is 30.3 Å². The van der Waals surface area contributed by atoms with Gasteiger partial charge in [0.2, 0.25) is 5.91 Å². The molecule has 0 unspecified atom stereocenters. The first kappa shape index (κ1) is 18.6. The van der Waals surface area contributed by atoms with Crippen LogP contribution in [0.1, 0.15) is 28.8 Å². The SMILES string of the molecule is COC(=O)CN(Cc1ccccc1)C(=O)c1ccc(NC(=O)C2CC2)cc1. The minimum absolute atomic E-state index is 0.0190. The Morgan fingerprint density at radius 2 is 1.70 bits per heavy atom. The molecule has 6 heteroatoms. The summed E-state index contributed by atoms with van der Waals surface area (Å²) in [5, 5.41) is 2.84. The highest BCUT2D eigenvalue weighted by atomic mass is 16.5. The van der Waals surface area contributed by atoms with Crippen molar-refractivity contribution in [1.82, 2.24) is 4.90 Å². The van der Waals surface area contributed by atoms with E-state index < -0.39 is 5.97 Å². The molecule has 0 atom stereocenters. The lowest BCUT2D eigenvalue weighted by molar-refractivity contribution is -0.141. The number of nitrogens with zero attached hydrogens (tertiary/aromatic N) is 1. The fraction of sp³-hybridized carbons (Fsp3) is 0.286. The van der Waals surface area contributed by atoms with Gasteiger partial charge in [-0.15, -0.1) is 0 Å². The van der Waals surface area contributed by atoms with E-state index in [0.717, 1.165) is 18.4 Å². The van der Waals surface area contributed by atoms with Gasteiger partial charge in [-0.3, -0.25) is 14.4 Å². The van der Waals surface area contributed by atoms with Crippen molar-refractivity contribution in [3.8, 4) is 0 Å². The molecule has 1 saturated carbocycles. The predicted molar refractivity (Wildman–Crippen MR) is 101 cm³/mol. The van der Waals surface area contributed by atoms with E-state index in [1.165, 1.54) is 12.0 Å². The number of hydrogen-bond donors (Lipinski definition) is 1. The smallest absolute Gasteiger partial charge is 0.325 e. The fourth-order valence-corrected chi connectivity index (χ4v) is 2.69. The number of hydrogen-bond acceptors (Lipinski definition) is 4. The molecule has 0 aromatic heterocycles. The van der Waals surface area contributed by atoms with E-state index in [9.17, 15) is 14.4 Å². The van der Waals surface area contributed by atoms with Crippen LogP contribution in [0.3, 0.4) is 0 Å². The van der Waals surface area contributed by atoms with Gasteiger partial charge in [0, 0.05) is 23.7 Å². The van der Waals surface area contributed by atoms with E-state index in [2.05, 4.69) is 5.32 Å². The molecule has 0 aliphatic heterocycles. The van der Waals surface area contributed by atoms with Crippen molar-refractivity contribution >= 4 is 23.5 Å². The molecule has 27 heavy (non-hydrogen) atoms. The third-order valence-electron chi connectivity index (χ3n) is 4.40. The molecule has 0 spiro atoms. The Morgan fingerprint density at radius 3 is 2.30 bits per heavy atom. The fourth-order valence-electron chi connectivity index (χ4n) is 2.69. The number of benzene rings is 2. The highest BCUT2D eigenvalue weighted by molar-refractivity contribution is 5.97. The van der Waals surface area contributed by atoms with E-state index in [4.69, 9.17) is 4.74 Å². The zero-order valence-corrected chi connectivity index (χ0v) is 15.2. The van der Waals surface area contributed by atoms with Crippen molar-refractivity contribution < 1.29 is 19.1 Å². The number of nitrogens with one attached hydrogen (secondary N) is 1. The number of methoxy groups -OCH3 is 1. The van der Waals surface area contributed by atoms with Crippen LogP contribution in [0.2, 0.25) is 0 Å². The molecule has 2 aromatic rings. The molecule has 1 N–H and O–H groups in total. The van der Waals surface area contributed by atoms with Gasteiger partial charge in [-0.25, -0.2) is 0 Å². The molecule has 0 saturated heterocycles. The maximum Gasteiger partial charge on any atom is 0.325 e. The number of carbonyl (C=O) groups excluding carboxylic acids is 3. The molecule has 2 amide bonds. The molecule has 140 valence electrons. The summed E-state index contributed by atoms with van der Waals surface area (Å²) >= 11 is 0. The monoisotopic (exact) mass is 366 g/mol. The van der Waals surface area contributed by atoms with Gasteiger partial charge in [0.05, 0.1) is 7.11 Å². The van der Waals surface area contributed by atoms with Gasteiger partial charge in [-0.05, 0) is 42.7 Å². The van der Waals surface area contributed by atoms with Gasteiger partial charge in [-0.2, -0.15) is 0 Å². The first-order valence-electron chi connectivity index (χ1n) is 8.88. The summed E-state index contributed by atoms with van der Waals surface area (Å²) in [6, 6.07) is 16.2. The molecular weight excluding hydrogens is 344 g/mol. The summed E-state index contributed by atoms with van der Waals surface area (Å²) in [6.07, 6.45) is 1.87. The summed E-state index contributed by atoms with van der Waals surface area (Å²) in [5.41, 5.74) is 2.02. The maximum atomic E-state index is 12.9. The Labute approximate surface area is 158 Å². The molecule has 1 aliphatic carbocycles. The first-order valence-corrected chi connectivity index (χ1v) is 8.88. The predicted octanol–water partition coefficient (Wildman–Crippen LogP) is 2.85. The average Bonchev–Trinajstić information content (AvgIpc) is 3.53. The molecule has 2 aromatic carbocycles. The Kier molecular flexibility index (Phi) is 5.86. The number of ether oxygens (including phenoxy) is 1. The largest absolute Gasteiger partial charge is 0.468 e. The Hall–Kier alpha value is -3.15. The average molecular weight is 366 g/mol. The molecule has 6 nitrogen and oxygen atoms in total. The highest BCUT2D eigenvalue weighted by Crippen LogP contribution is 2.30. The van der Waals surface area contributed by atoms with Crippen LogP contribution < -0.4 is 5.32 Å². The van der Waals surface area contributed by atoms with Crippen molar-refractivity contribution in [1.29, 1.82) is 0 Å². The van der Waals surface area contributed by atoms with Crippen LogP contribution >= 0.6 is 0 Å². The molecule has 0 heterocycles. The van der Waals surface area contributed by atoms with Gasteiger partial charge in [0.1, 0.15) is 6.54 Å². The van der Waals surface area contributed by atoms with Crippen LogP contribution in [0.4, 0.5) is 5.69 Å². The van der Waals surface area contributed by atoms with Gasteiger partial charge in [0.15, 0.2) is 0 Å². The number of carbonyl (C=O) groups is 3. The summed E-state index contributed by atoms with van der Waals surface area (Å²) in [4.78, 5) is 37.9. The maximum absolute atomic E-state index is 12.9. The third-order valence-corrected chi connectivity index (χ3v) is 4.40. The quantitative estimate of drug-likeness (QED) is 0.765. The number of amides is 2. The van der Waals surface area contributed by atoms with E-state index in [1.54, 1.807) is 24.3 Å². The molecular formula is C21H22N2O4. The van der Waals surface area contributed by atoms with Crippen LogP contribution in [-0.2, 0) is 20.9 Å². The van der Waals surface area contributed by atoms with Crippen LogP contribution in [0.25, 0.3) is 0 Å². The lowest BCUT2D eigenvalue weighted by Gasteiger charge is -2.22. The number of esters is 1. The van der Waals surface area contributed by atoms with Crippen LogP contribution in [0.15, 0.2) is 54.6 Å².